The van der Waals surface area contributed by atoms with Gasteiger partial charge in [0.1, 0.15) is 5.82 Å². The summed E-state index contributed by atoms with van der Waals surface area (Å²) in [7, 11) is 1.86. The van der Waals surface area contributed by atoms with Crippen molar-refractivity contribution in [1.82, 2.24) is 10.3 Å². The van der Waals surface area contributed by atoms with Crippen LogP contribution in [0.4, 0.5) is 17.2 Å². The van der Waals surface area contributed by atoms with Crippen LogP contribution in [0.2, 0.25) is 0 Å². The van der Waals surface area contributed by atoms with E-state index in [1.807, 2.05) is 37.4 Å². The molecule has 1 amide bonds. The van der Waals surface area contributed by atoms with E-state index in [1.54, 1.807) is 17.5 Å². The lowest BCUT2D eigenvalue weighted by molar-refractivity contribution is 0.102. The first kappa shape index (κ1) is 20.0. The molecule has 2 aliphatic rings. The normalized spacial score (nSPS) is 17.3. The van der Waals surface area contributed by atoms with Gasteiger partial charge in [-0.1, -0.05) is 12.1 Å². The van der Waals surface area contributed by atoms with E-state index in [-0.39, 0.29) is 5.91 Å². The topological polar surface area (TPSA) is 69.3 Å². The Morgan fingerprint density at radius 3 is 2.58 bits per heavy atom. The van der Waals surface area contributed by atoms with Crippen LogP contribution in [0.15, 0.2) is 54.0 Å². The van der Waals surface area contributed by atoms with Crippen molar-refractivity contribution in [3.05, 3.63) is 59.6 Å². The number of benzene rings is 1. The lowest BCUT2D eigenvalue weighted by atomic mass is 9.73. The minimum Gasteiger partial charge on any atom is -0.386 e. The highest BCUT2D eigenvalue weighted by atomic mass is 32.1. The summed E-state index contributed by atoms with van der Waals surface area (Å²) >= 11 is 1.68. The third-order valence-corrected chi connectivity index (χ3v) is 7.42. The molecule has 1 spiro atoms. The second-order valence-corrected chi connectivity index (χ2v) is 9.39. The largest absolute Gasteiger partial charge is 0.386 e. The zero-order valence-electron chi connectivity index (χ0n) is 17.6. The SMILES string of the molecule is CNc1ccc(-c2cccs2)cc1NC(=O)c1ccc(N2CCC3(CC2)CNC3)nc1. The molecule has 2 fully saturated rings. The molecule has 2 aliphatic heterocycles. The van der Waals surface area contributed by atoms with Gasteiger partial charge in [0.05, 0.1) is 16.9 Å². The molecule has 31 heavy (non-hydrogen) atoms. The Hall–Kier alpha value is -2.90. The van der Waals surface area contributed by atoms with Crippen LogP contribution in [0.25, 0.3) is 10.4 Å². The van der Waals surface area contributed by atoms with Crippen molar-refractivity contribution < 1.29 is 4.79 Å². The van der Waals surface area contributed by atoms with Gasteiger partial charge in [-0.3, -0.25) is 4.79 Å². The fourth-order valence-corrected chi connectivity index (χ4v) is 5.13. The highest BCUT2D eigenvalue weighted by Crippen LogP contribution is 2.36. The number of pyridine rings is 1. The maximum absolute atomic E-state index is 12.9. The van der Waals surface area contributed by atoms with E-state index >= 15 is 0 Å². The number of nitrogens with zero attached hydrogens (tertiary/aromatic N) is 2. The van der Waals surface area contributed by atoms with Gasteiger partial charge in [0.25, 0.3) is 5.91 Å². The summed E-state index contributed by atoms with van der Waals surface area (Å²) < 4.78 is 0. The Morgan fingerprint density at radius 1 is 1.13 bits per heavy atom. The lowest BCUT2D eigenvalue weighted by Crippen LogP contribution is -2.58. The molecule has 1 aromatic carbocycles. The maximum Gasteiger partial charge on any atom is 0.257 e. The number of hydrogen-bond donors (Lipinski definition) is 3. The van der Waals surface area contributed by atoms with Crippen LogP contribution in [-0.2, 0) is 0 Å². The van der Waals surface area contributed by atoms with Crippen molar-refractivity contribution in [2.75, 3.05) is 48.8 Å². The fraction of sp³-hybridized carbons (Fsp3) is 0.333. The number of anilines is 3. The van der Waals surface area contributed by atoms with Crippen molar-refractivity contribution in [2.45, 2.75) is 12.8 Å². The summed E-state index contributed by atoms with van der Waals surface area (Å²) in [5, 5.41) is 11.7. The molecule has 7 heteroatoms. The molecule has 0 bridgehead atoms. The predicted molar refractivity (Wildman–Crippen MR) is 128 cm³/mol. The summed E-state index contributed by atoms with van der Waals surface area (Å²) in [5.74, 6) is 0.798. The molecule has 0 aliphatic carbocycles. The first-order valence-corrected chi connectivity index (χ1v) is 11.6. The van der Waals surface area contributed by atoms with Crippen LogP contribution in [0.5, 0.6) is 0 Å². The second-order valence-electron chi connectivity index (χ2n) is 8.44. The zero-order chi connectivity index (χ0) is 21.3. The summed E-state index contributed by atoms with van der Waals surface area (Å²) in [6.07, 6.45) is 4.09. The predicted octanol–water partition coefficient (Wildman–Crippen LogP) is 4.29. The number of carbonyl (C=O) groups is 1. The molecule has 0 unspecified atom stereocenters. The van der Waals surface area contributed by atoms with E-state index in [1.165, 1.54) is 17.7 Å². The summed E-state index contributed by atoms with van der Waals surface area (Å²) in [6, 6.07) is 14.0. The third-order valence-electron chi connectivity index (χ3n) is 6.50. The van der Waals surface area contributed by atoms with Gasteiger partial charge in [-0.15, -0.1) is 11.3 Å². The molecule has 2 aromatic heterocycles. The summed E-state index contributed by atoms with van der Waals surface area (Å²) in [4.78, 5) is 21.0. The van der Waals surface area contributed by atoms with Gasteiger partial charge < -0.3 is 20.9 Å². The number of aromatic nitrogens is 1. The molecule has 3 N–H and O–H groups in total. The van der Waals surface area contributed by atoms with Crippen molar-refractivity contribution >= 4 is 34.4 Å². The van der Waals surface area contributed by atoms with Crippen LogP contribution in [0.1, 0.15) is 23.2 Å². The van der Waals surface area contributed by atoms with E-state index in [0.717, 1.165) is 48.9 Å². The van der Waals surface area contributed by atoms with Gasteiger partial charge in [0, 0.05) is 44.3 Å². The van der Waals surface area contributed by atoms with Crippen LogP contribution in [0.3, 0.4) is 0 Å². The Kier molecular flexibility index (Phi) is 5.38. The van der Waals surface area contributed by atoms with Gasteiger partial charge in [-0.05, 0) is 59.5 Å². The Balaban J connectivity index is 1.28. The quantitative estimate of drug-likeness (QED) is 0.560. The number of nitrogens with one attached hydrogen (secondary N) is 3. The first-order valence-electron chi connectivity index (χ1n) is 10.7. The molecule has 0 atom stereocenters. The third kappa shape index (κ3) is 4.03. The van der Waals surface area contributed by atoms with Gasteiger partial charge >= 0.3 is 0 Å². The van der Waals surface area contributed by atoms with Crippen LogP contribution < -0.4 is 20.9 Å². The number of hydrogen-bond acceptors (Lipinski definition) is 6. The molecular formula is C24H27N5OS. The Morgan fingerprint density at radius 2 is 1.97 bits per heavy atom. The van der Waals surface area contributed by atoms with E-state index in [2.05, 4.69) is 43.3 Å². The van der Waals surface area contributed by atoms with Crippen molar-refractivity contribution in [3.8, 4) is 10.4 Å². The minimum absolute atomic E-state index is 0.156. The number of rotatable bonds is 5. The highest BCUT2D eigenvalue weighted by molar-refractivity contribution is 7.13. The van der Waals surface area contributed by atoms with Gasteiger partial charge in [0.15, 0.2) is 0 Å². The summed E-state index contributed by atoms with van der Waals surface area (Å²) in [6.45, 7) is 4.36. The second kappa shape index (κ2) is 8.32. The molecule has 3 aromatic rings. The number of amides is 1. The monoisotopic (exact) mass is 433 g/mol. The average molecular weight is 434 g/mol. The molecule has 0 radical (unpaired) electrons. The minimum atomic E-state index is -0.156. The number of carbonyl (C=O) groups excluding carboxylic acids is 1. The lowest BCUT2D eigenvalue weighted by Gasteiger charge is -2.48. The molecular weight excluding hydrogens is 406 g/mol. The maximum atomic E-state index is 12.9. The van der Waals surface area contributed by atoms with E-state index < -0.39 is 0 Å². The molecule has 4 heterocycles. The molecule has 6 nitrogen and oxygen atoms in total. The Labute approximate surface area is 186 Å². The van der Waals surface area contributed by atoms with Gasteiger partial charge in [0.2, 0.25) is 0 Å². The number of thiophene rings is 1. The smallest absolute Gasteiger partial charge is 0.257 e. The van der Waals surface area contributed by atoms with Gasteiger partial charge in [-0.2, -0.15) is 0 Å². The first-order chi connectivity index (χ1) is 15.2. The van der Waals surface area contributed by atoms with E-state index in [0.29, 0.717) is 11.0 Å². The average Bonchev–Trinajstić information content (AvgIpc) is 3.33. The number of piperidine rings is 1. The van der Waals surface area contributed by atoms with Gasteiger partial charge in [-0.25, -0.2) is 4.98 Å². The molecule has 0 saturated carbocycles. The van der Waals surface area contributed by atoms with E-state index in [9.17, 15) is 4.79 Å². The van der Waals surface area contributed by atoms with Crippen molar-refractivity contribution in [3.63, 3.8) is 0 Å². The van der Waals surface area contributed by atoms with Crippen molar-refractivity contribution in [1.29, 1.82) is 0 Å². The standard InChI is InChI=1S/C24H27N5OS/c1-25-19-6-4-17(21-3-2-12-31-21)13-20(19)28-23(30)18-5-7-22(27-14-18)29-10-8-24(9-11-29)15-26-16-24/h2-7,12-14,25-26H,8-11,15-16H2,1H3,(H,28,30). The fourth-order valence-electron chi connectivity index (χ4n) is 4.41. The van der Waals surface area contributed by atoms with Crippen LogP contribution in [-0.4, -0.2) is 44.1 Å². The molecule has 5 rings (SSSR count). The summed E-state index contributed by atoms with van der Waals surface area (Å²) in [5.41, 5.74) is 3.80. The zero-order valence-corrected chi connectivity index (χ0v) is 18.5. The van der Waals surface area contributed by atoms with Crippen LogP contribution in [0, 0.1) is 5.41 Å². The Bertz CT molecular complexity index is 1050. The molecule has 2 saturated heterocycles. The van der Waals surface area contributed by atoms with E-state index in [4.69, 9.17) is 0 Å². The van der Waals surface area contributed by atoms with Crippen molar-refractivity contribution in [2.24, 2.45) is 5.41 Å². The molecule has 160 valence electrons. The van der Waals surface area contributed by atoms with Crippen LogP contribution >= 0.6 is 11.3 Å². The highest BCUT2D eigenvalue weighted by Gasteiger charge is 2.39.